The molecule has 0 aliphatic heterocycles. The van der Waals surface area contributed by atoms with E-state index in [4.69, 9.17) is 0 Å². The fraction of sp³-hybridized carbons (Fsp3) is 0.231. The molecule has 0 N–H and O–H groups in total. The Morgan fingerprint density at radius 1 is 1.08 bits per heavy atom. The fourth-order valence-electron chi connectivity index (χ4n) is 4.25. The molecule has 6 nitrogen and oxygen atoms in total. The van der Waals surface area contributed by atoms with Gasteiger partial charge in [0.2, 0.25) is 0 Å². The van der Waals surface area contributed by atoms with E-state index < -0.39 is 11.9 Å². The van der Waals surface area contributed by atoms with Gasteiger partial charge in [-0.1, -0.05) is 49.4 Å². The number of fused-ring (bicyclic) bond motifs is 1. The van der Waals surface area contributed by atoms with E-state index in [9.17, 15) is 22.4 Å². The smallest absolute Gasteiger partial charge is 0.278 e. The van der Waals surface area contributed by atoms with Gasteiger partial charge in [0.15, 0.2) is 17.2 Å². The molecule has 0 amide bonds. The maximum Gasteiger partial charge on any atom is 0.435 e. The van der Waals surface area contributed by atoms with E-state index in [0.29, 0.717) is 38.7 Å². The van der Waals surface area contributed by atoms with Crippen LogP contribution in [0.3, 0.4) is 0 Å². The Balaban J connectivity index is 1.49. The van der Waals surface area contributed by atoms with Gasteiger partial charge in [0.1, 0.15) is 5.82 Å². The third-order valence-corrected chi connectivity index (χ3v) is 6.88. The quantitative estimate of drug-likeness (QED) is 0.250. The highest BCUT2D eigenvalue weighted by molar-refractivity contribution is 7.16. The van der Waals surface area contributed by atoms with Crippen LogP contribution >= 0.6 is 11.3 Å². The van der Waals surface area contributed by atoms with Gasteiger partial charge in [-0.05, 0) is 42.7 Å². The molecule has 0 aliphatic carbocycles. The van der Waals surface area contributed by atoms with Crippen LogP contribution in [0.4, 0.5) is 17.6 Å². The van der Waals surface area contributed by atoms with E-state index in [-0.39, 0.29) is 23.2 Å². The van der Waals surface area contributed by atoms with Crippen molar-refractivity contribution in [2.75, 3.05) is 0 Å². The number of hydrogen-bond donors (Lipinski definition) is 0. The third kappa shape index (κ3) is 4.66. The molecule has 0 spiro atoms. The van der Waals surface area contributed by atoms with Crippen molar-refractivity contribution in [3.63, 3.8) is 0 Å². The molecule has 0 unspecified atom stereocenters. The largest absolute Gasteiger partial charge is 0.435 e. The first-order chi connectivity index (χ1) is 17.5. The predicted molar refractivity (Wildman–Crippen MR) is 134 cm³/mol. The minimum Gasteiger partial charge on any atom is -0.278 e. The van der Waals surface area contributed by atoms with E-state index in [2.05, 4.69) is 15.1 Å². The molecular formula is C26H21F4N5OS. The number of rotatable bonds is 5. The van der Waals surface area contributed by atoms with Gasteiger partial charge in [0.05, 0.1) is 23.1 Å². The van der Waals surface area contributed by atoms with Gasteiger partial charge in [-0.25, -0.2) is 19.0 Å². The lowest BCUT2D eigenvalue weighted by Gasteiger charge is -2.13. The van der Waals surface area contributed by atoms with Crippen molar-refractivity contribution in [1.29, 1.82) is 0 Å². The summed E-state index contributed by atoms with van der Waals surface area (Å²) in [6, 6.07) is 12.5. The Morgan fingerprint density at radius 3 is 2.46 bits per heavy atom. The zero-order chi connectivity index (χ0) is 26.5. The molecule has 5 rings (SSSR count). The highest BCUT2D eigenvalue weighted by Gasteiger charge is 2.34. The van der Waals surface area contributed by atoms with Crippen LogP contribution < -0.4 is 4.87 Å². The Morgan fingerprint density at radius 2 is 1.81 bits per heavy atom. The van der Waals surface area contributed by atoms with Crippen LogP contribution in [0.1, 0.15) is 42.3 Å². The van der Waals surface area contributed by atoms with Crippen LogP contribution in [0.5, 0.6) is 0 Å². The van der Waals surface area contributed by atoms with Gasteiger partial charge < -0.3 is 0 Å². The number of aromatic nitrogens is 5. The number of alkyl halides is 3. The Bertz CT molecular complexity index is 1670. The van der Waals surface area contributed by atoms with E-state index in [1.54, 1.807) is 49.5 Å². The number of aryl methyl sites for hydroxylation is 1. The maximum absolute atomic E-state index is 14.5. The summed E-state index contributed by atoms with van der Waals surface area (Å²) in [6.07, 6.45) is -2.96. The van der Waals surface area contributed by atoms with Gasteiger partial charge in [-0.2, -0.15) is 18.3 Å². The van der Waals surface area contributed by atoms with Crippen LogP contribution in [0.2, 0.25) is 0 Å². The van der Waals surface area contributed by atoms with Crippen molar-refractivity contribution < 1.29 is 17.6 Å². The molecule has 0 bridgehead atoms. The fourth-order valence-corrected chi connectivity index (χ4v) is 5.05. The molecule has 190 valence electrons. The van der Waals surface area contributed by atoms with Gasteiger partial charge in [-0.15, -0.1) is 0 Å². The monoisotopic (exact) mass is 527 g/mol. The van der Waals surface area contributed by atoms with Crippen LogP contribution in [0.25, 0.3) is 27.4 Å². The van der Waals surface area contributed by atoms with Crippen molar-refractivity contribution in [3.05, 3.63) is 92.7 Å². The van der Waals surface area contributed by atoms with E-state index in [1.165, 1.54) is 15.3 Å². The summed E-state index contributed by atoms with van der Waals surface area (Å²) < 4.78 is 56.9. The number of halogens is 4. The highest BCUT2D eigenvalue weighted by Crippen LogP contribution is 2.31. The van der Waals surface area contributed by atoms with Gasteiger partial charge in [0.25, 0.3) is 0 Å². The van der Waals surface area contributed by atoms with Crippen LogP contribution in [-0.2, 0) is 12.7 Å². The molecular weight excluding hydrogens is 506 g/mol. The predicted octanol–water partition coefficient (Wildman–Crippen LogP) is 6.34. The topological polar surface area (TPSA) is 65.6 Å². The molecule has 5 aromatic rings. The molecule has 3 heterocycles. The number of benzene rings is 2. The Hall–Kier alpha value is -3.86. The Kier molecular flexibility index (Phi) is 6.18. The van der Waals surface area contributed by atoms with E-state index in [0.717, 1.165) is 23.0 Å². The van der Waals surface area contributed by atoms with Crippen molar-refractivity contribution in [1.82, 2.24) is 24.3 Å². The molecule has 37 heavy (non-hydrogen) atoms. The number of hydrogen-bond acceptors (Lipinski definition) is 5. The summed E-state index contributed by atoms with van der Waals surface area (Å²) >= 11 is 1.01. The van der Waals surface area contributed by atoms with Gasteiger partial charge in [-0.3, -0.25) is 9.36 Å². The third-order valence-electron chi connectivity index (χ3n) is 5.98. The van der Waals surface area contributed by atoms with Gasteiger partial charge in [0, 0.05) is 16.8 Å². The molecule has 3 aromatic heterocycles. The first-order valence-electron chi connectivity index (χ1n) is 11.4. The first kappa shape index (κ1) is 24.8. The average Bonchev–Trinajstić information content (AvgIpc) is 3.38. The van der Waals surface area contributed by atoms with Crippen LogP contribution in [0.15, 0.2) is 59.5 Å². The molecule has 0 radical (unpaired) electrons. The van der Waals surface area contributed by atoms with Crippen molar-refractivity contribution in [2.45, 2.75) is 39.4 Å². The maximum atomic E-state index is 14.5. The number of nitrogens with zero attached hydrogens (tertiary/aromatic N) is 5. The molecule has 0 atom stereocenters. The second-order valence-corrected chi connectivity index (χ2v) is 9.93. The normalized spacial score (nSPS) is 12.1. The molecule has 2 aromatic carbocycles. The molecule has 0 saturated heterocycles. The number of thiazole rings is 1. The highest BCUT2D eigenvalue weighted by atomic mass is 32.1. The lowest BCUT2D eigenvalue weighted by Crippen LogP contribution is -2.14. The van der Waals surface area contributed by atoms with Crippen molar-refractivity contribution in [2.24, 2.45) is 0 Å². The lowest BCUT2D eigenvalue weighted by atomic mass is 9.96. The summed E-state index contributed by atoms with van der Waals surface area (Å²) in [7, 11) is 0. The van der Waals surface area contributed by atoms with Crippen molar-refractivity contribution in [3.8, 4) is 17.1 Å². The molecule has 11 heteroatoms. The molecule has 0 aliphatic rings. The van der Waals surface area contributed by atoms with Crippen molar-refractivity contribution >= 4 is 21.7 Å². The minimum atomic E-state index is -4.53. The second kappa shape index (κ2) is 9.22. The van der Waals surface area contributed by atoms with Crippen LogP contribution in [0, 0.1) is 12.7 Å². The zero-order valence-corrected chi connectivity index (χ0v) is 20.9. The summed E-state index contributed by atoms with van der Waals surface area (Å²) in [5, 5.41) is 3.67. The lowest BCUT2D eigenvalue weighted by molar-refractivity contribution is -0.141. The van der Waals surface area contributed by atoms with E-state index >= 15 is 0 Å². The summed E-state index contributed by atoms with van der Waals surface area (Å²) in [5.74, 6) is -0.106. The van der Waals surface area contributed by atoms with E-state index in [1.807, 2.05) is 13.8 Å². The zero-order valence-electron chi connectivity index (χ0n) is 20.0. The standard InChI is InChI=1S/C26H21F4N5OS/c1-14(2)22-18(5-4-6-19(22)27)23-31-12-20-24(32-23)34(25(36)37-20)13-16-7-9-17(10-8-16)35-15(3)11-21(33-35)26(28,29)30/h4-12,14H,13H2,1-3H3. The summed E-state index contributed by atoms with van der Waals surface area (Å²) in [6.45, 7) is 5.52. The molecule has 0 saturated carbocycles. The Labute approximate surface area is 212 Å². The van der Waals surface area contributed by atoms with Gasteiger partial charge >= 0.3 is 11.0 Å². The average molecular weight is 528 g/mol. The molecule has 0 fully saturated rings. The second-order valence-electron chi connectivity index (χ2n) is 8.94. The SMILES string of the molecule is Cc1cc(C(F)(F)F)nn1-c1ccc(Cn2c(=O)sc3cnc(-c4cccc(F)c4C(C)C)nc32)cc1. The minimum absolute atomic E-state index is 0.0932. The van der Waals surface area contributed by atoms with Crippen LogP contribution in [-0.4, -0.2) is 24.3 Å². The summed E-state index contributed by atoms with van der Waals surface area (Å²) in [4.78, 5) is 21.6. The first-order valence-corrected chi connectivity index (χ1v) is 12.2. The summed E-state index contributed by atoms with van der Waals surface area (Å²) in [5.41, 5.74) is 2.11.